The average Bonchev–Trinajstić information content (AvgIpc) is 2.42. The molecule has 1 aromatic heterocycles. The molecule has 116 valence electrons. The van der Waals surface area contributed by atoms with Crippen molar-refractivity contribution in [3.63, 3.8) is 0 Å². The topological polar surface area (TPSA) is 45.5 Å². The Labute approximate surface area is 137 Å². The zero-order valence-corrected chi connectivity index (χ0v) is 12.8. The van der Waals surface area contributed by atoms with Crippen LogP contribution in [-0.2, 0) is 6.18 Å². The fourth-order valence-electron chi connectivity index (χ4n) is 1.68. The van der Waals surface area contributed by atoms with Gasteiger partial charge >= 0.3 is 6.18 Å². The zero-order valence-electron chi connectivity index (χ0n) is 10.5. The SMILES string of the molecule is O/N=C(\c1ccc(Cl)cc1Cl)c1ncc(C(F)(F)F)cc1Cl. The number of benzene rings is 1. The van der Waals surface area contributed by atoms with Crippen LogP contribution in [0.2, 0.25) is 15.1 Å². The molecule has 0 unspecified atom stereocenters. The summed E-state index contributed by atoms with van der Waals surface area (Å²) in [5, 5.41) is 12.3. The molecular weight excluding hydrogens is 364 g/mol. The van der Waals surface area contributed by atoms with Gasteiger partial charge in [-0.05, 0) is 24.3 Å². The monoisotopic (exact) mass is 368 g/mol. The Kier molecular flexibility index (Phi) is 4.84. The number of nitrogens with zero attached hydrogens (tertiary/aromatic N) is 2. The highest BCUT2D eigenvalue weighted by molar-refractivity contribution is 6.39. The summed E-state index contributed by atoms with van der Waals surface area (Å²) in [5.74, 6) is 0. The third-order valence-electron chi connectivity index (χ3n) is 2.68. The smallest absolute Gasteiger partial charge is 0.410 e. The third kappa shape index (κ3) is 3.45. The quantitative estimate of drug-likeness (QED) is 0.444. The minimum atomic E-state index is -4.58. The van der Waals surface area contributed by atoms with E-state index >= 15 is 0 Å². The van der Waals surface area contributed by atoms with E-state index in [0.717, 1.165) is 0 Å². The van der Waals surface area contributed by atoms with E-state index in [1.807, 2.05) is 0 Å². The number of aromatic nitrogens is 1. The van der Waals surface area contributed by atoms with Crippen LogP contribution < -0.4 is 0 Å². The lowest BCUT2D eigenvalue weighted by molar-refractivity contribution is -0.137. The van der Waals surface area contributed by atoms with Gasteiger partial charge in [-0.2, -0.15) is 13.2 Å². The van der Waals surface area contributed by atoms with Crippen LogP contribution in [0.3, 0.4) is 0 Å². The second kappa shape index (κ2) is 6.32. The maximum atomic E-state index is 12.6. The Morgan fingerprint density at radius 3 is 2.27 bits per heavy atom. The van der Waals surface area contributed by atoms with Crippen molar-refractivity contribution < 1.29 is 18.4 Å². The van der Waals surface area contributed by atoms with Crippen LogP contribution in [0.4, 0.5) is 13.2 Å². The number of halogens is 6. The lowest BCUT2D eigenvalue weighted by Crippen LogP contribution is -2.11. The second-order valence-electron chi connectivity index (χ2n) is 4.12. The van der Waals surface area contributed by atoms with Crippen molar-refractivity contribution in [2.45, 2.75) is 6.18 Å². The summed E-state index contributed by atoms with van der Waals surface area (Å²) in [5.41, 5.74) is -1.09. The van der Waals surface area contributed by atoms with Crippen LogP contribution in [0.5, 0.6) is 0 Å². The first-order valence-electron chi connectivity index (χ1n) is 5.64. The molecule has 0 aliphatic heterocycles. The molecule has 2 rings (SSSR count). The third-order valence-corrected chi connectivity index (χ3v) is 3.51. The van der Waals surface area contributed by atoms with E-state index in [9.17, 15) is 13.2 Å². The van der Waals surface area contributed by atoms with Crippen LogP contribution in [0, 0.1) is 0 Å². The Hall–Kier alpha value is -1.50. The molecule has 0 saturated heterocycles. The van der Waals surface area contributed by atoms with Gasteiger partial charge in [-0.15, -0.1) is 0 Å². The molecule has 0 fully saturated rings. The molecule has 1 heterocycles. The second-order valence-corrected chi connectivity index (χ2v) is 5.38. The number of rotatable bonds is 2. The molecule has 0 aliphatic rings. The van der Waals surface area contributed by atoms with Crippen molar-refractivity contribution in [2.24, 2.45) is 5.16 Å². The van der Waals surface area contributed by atoms with Gasteiger partial charge in [-0.1, -0.05) is 40.0 Å². The van der Waals surface area contributed by atoms with Gasteiger partial charge < -0.3 is 5.21 Å². The molecule has 1 N–H and O–H groups in total. The molecule has 22 heavy (non-hydrogen) atoms. The van der Waals surface area contributed by atoms with E-state index in [4.69, 9.17) is 40.0 Å². The average molecular weight is 370 g/mol. The molecule has 0 amide bonds. The number of alkyl halides is 3. The van der Waals surface area contributed by atoms with Crippen LogP contribution >= 0.6 is 34.8 Å². The summed E-state index contributed by atoms with van der Waals surface area (Å²) >= 11 is 17.6. The molecule has 0 aliphatic carbocycles. The minimum Gasteiger partial charge on any atom is -0.410 e. The minimum absolute atomic E-state index is 0.137. The largest absolute Gasteiger partial charge is 0.417 e. The molecular formula is C13H6Cl3F3N2O. The van der Waals surface area contributed by atoms with Crippen LogP contribution in [0.1, 0.15) is 16.8 Å². The Morgan fingerprint density at radius 2 is 1.77 bits per heavy atom. The number of pyridine rings is 1. The van der Waals surface area contributed by atoms with Crippen molar-refractivity contribution in [1.29, 1.82) is 0 Å². The molecule has 0 spiro atoms. The van der Waals surface area contributed by atoms with Crippen molar-refractivity contribution in [2.75, 3.05) is 0 Å². The van der Waals surface area contributed by atoms with E-state index in [2.05, 4.69) is 10.1 Å². The summed E-state index contributed by atoms with van der Waals surface area (Å²) in [7, 11) is 0. The Morgan fingerprint density at radius 1 is 1.09 bits per heavy atom. The molecule has 0 atom stereocenters. The van der Waals surface area contributed by atoms with E-state index in [0.29, 0.717) is 17.3 Å². The van der Waals surface area contributed by atoms with Crippen LogP contribution in [0.15, 0.2) is 35.6 Å². The summed E-state index contributed by atoms with van der Waals surface area (Å²) in [6.45, 7) is 0. The molecule has 0 radical (unpaired) electrons. The molecule has 2 aromatic rings. The summed E-state index contributed by atoms with van der Waals surface area (Å²) in [6.07, 6.45) is -3.99. The van der Waals surface area contributed by atoms with Gasteiger partial charge in [0.05, 0.1) is 15.6 Å². The predicted octanol–water partition coefficient (Wildman–Crippen LogP) is 5.29. The maximum Gasteiger partial charge on any atom is 0.417 e. The predicted molar refractivity (Wildman–Crippen MR) is 78.1 cm³/mol. The Balaban J connectivity index is 2.53. The maximum absolute atomic E-state index is 12.6. The Bertz CT molecular complexity index is 748. The van der Waals surface area contributed by atoms with Crippen LogP contribution in [-0.4, -0.2) is 15.9 Å². The van der Waals surface area contributed by atoms with E-state index in [1.165, 1.54) is 18.2 Å². The fourth-order valence-corrected chi connectivity index (χ4v) is 2.43. The first-order chi connectivity index (χ1) is 10.2. The molecule has 0 saturated carbocycles. The van der Waals surface area contributed by atoms with Gasteiger partial charge in [-0.25, -0.2) is 0 Å². The summed E-state index contributed by atoms with van der Waals surface area (Å²) < 4.78 is 37.8. The van der Waals surface area contributed by atoms with Gasteiger partial charge in [0.25, 0.3) is 0 Å². The first-order valence-corrected chi connectivity index (χ1v) is 6.78. The first kappa shape index (κ1) is 16.9. The number of hydrogen-bond donors (Lipinski definition) is 1. The zero-order chi connectivity index (χ0) is 16.5. The van der Waals surface area contributed by atoms with Crippen molar-refractivity contribution in [1.82, 2.24) is 4.98 Å². The van der Waals surface area contributed by atoms with E-state index in [1.54, 1.807) is 0 Å². The van der Waals surface area contributed by atoms with Gasteiger partial charge in [-0.3, -0.25) is 4.98 Å². The molecule has 0 bridgehead atoms. The number of oxime groups is 1. The van der Waals surface area contributed by atoms with E-state index < -0.39 is 11.7 Å². The highest BCUT2D eigenvalue weighted by atomic mass is 35.5. The highest BCUT2D eigenvalue weighted by Gasteiger charge is 2.32. The summed E-state index contributed by atoms with van der Waals surface area (Å²) in [6, 6.07) is 5.00. The van der Waals surface area contributed by atoms with Gasteiger partial charge in [0.2, 0.25) is 0 Å². The molecule has 1 aromatic carbocycles. The lowest BCUT2D eigenvalue weighted by Gasteiger charge is -2.11. The fraction of sp³-hybridized carbons (Fsp3) is 0.0769. The van der Waals surface area contributed by atoms with Gasteiger partial charge in [0.1, 0.15) is 11.4 Å². The highest BCUT2D eigenvalue weighted by Crippen LogP contribution is 2.32. The normalized spacial score (nSPS) is 12.5. The van der Waals surface area contributed by atoms with Gasteiger partial charge in [0, 0.05) is 16.8 Å². The molecule has 3 nitrogen and oxygen atoms in total. The van der Waals surface area contributed by atoms with E-state index in [-0.39, 0.29) is 27.0 Å². The standard InChI is InChI=1S/C13H6Cl3F3N2O/c14-7-1-2-8(9(15)4-7)11(21-22)12-10(16)3-6(5-20-12)13(17,18)19/h1-5,22H/b21-11+. The van der Waals surface area contributed by atoms with Crippen LogP contribution in [0.25, 0.3) is 0 Å². The van der Waals surface area contributed by atoms with Crippen molar-refractivity contribution >= 4 is 40.5 Å². The number of hydrogen-bond acceptors (Lipinski definition) is 3. The molecule has 9 heteroatoms. The van der Waals surface area contributed by atoms with Crippen molar-refractivity contribution in [3.05, 3.63) is 62.4 Å². The van der Waals surface area contributed by atoms with Crippen molar-refractivity contribution in [3.8, 4) is 0 Å². The summed E-state index contributed by atoms with van der Waals surface area (Å²) in [4.78, 5) is 3.62. The lowest BCUT2D eigenvalue weighted by atomic mass is 10.1. The van der Waals surface area contributed by atoms with Gasteiger partial charge in [0.15, 0.2) is 0 Å².